The lowest BCUT2D eigenvalue weighted by molar-refractivity contribution is 0.396. The quantitative estimate of drug-likeness (QED) is 0.803. The summed E-state index contributed by atoms with van der Waals surface area (Å²) in [5.74, 6) is 0.653. The van der Waals surface area contributed by atoms with Crippen molar-refractivity contribution in [1.82, 2.24) is 5.32 Å². The second kappa shape index (κ2) is 7.57. The van der Waals surface area contributed by atoms with Crippen LogP contribution in [0.15, 0.2) is 46.9 Å². The summed E-state index contributed by atoms with van der Waals surface area (Å²) in [6.07, 6.45) is 0.901. The molecule has 0 bridgehead atoms. The third-order valence-corrected chi connectivity index (χ3v) is 3.97. The molecule has 4 heteroatoms. The standard InChI is InChI=1S/C17H19BrFNO/c1-3-16(14-6-4-5-7-17(14)21-2)20-11-12-8-9-13(18)10-15(12)19/h4-10,16,20H,3,11H2,1-2H3. The number of nitrogens with one attached hydrogen (secondary N) is 1. The van der Waals surface area contributed by atoms with Gasteiger partial charge in [0, 0.05) is 28.2 Å². The smallest absolute Gasteiger partial charge is 0.128 e. The largest absolute Gasteiger partial charge is 0.496 e. The van der Waals surface area contributed by atoms with Crippen LogP contribution in [0.3, 0.4) is 0 Å². The van der Waals surface area contributed by atoms with Crippen molar-refractivity contribution < 1.29 is 9.13 Å². The molecule has 0 saturated carbocycles. The normalized spacial score (nSPS) is 12.2. The molecule has 0 aliphatic heterocycles. The first-order chi connectivity index (χ1) is 10.2. The molecule has 2 aromatic rings. The molecule has 0 spiro atoms. The summed E-state index contributed by atoms with van der Waals surface area (Å²) in [7, 11) is 1.67. The number of rotatable bonds is 6. The average molecular weight is 352 g/mol. The van der Waals surface area contributed by atoms with E-state index in [9.17, 15) is 4.39 Å². The van der Waals surface area contributed by atoms with Crippen molar-refractivity contribution in [2.75, 3.05) is 7.11 Å². The van der Waals surface area contributed by atoms with E-state index in [1.54, 1.807) is 13.2 Å². The third kappa shape index (κ3) is 4.05. The second-order valence-corrected chi connectivity index (χ2v) is 5.74. The van der Waals surface area contributed by atoms with E-state index in [1.165, 1.54) is 6.07 Å². The molecule has 0 amide bonds. The maximum Gasteiger partial charge on any atom is 0.128 e. The predicted octanol–water partition coefficient (Wildman–Crippen LogP) is 4.84. The number of hydrogen-bond donors (Lipinski definition) is 1. The molecule has 0 aromatic heterocycles. The lowest BCUT2D eigenvalue weighted by Crippen LogP contribution is -2.21. The van der Waals surface area contributed by atoms with E-state index in [2.05, 4.69) is 28.2 Å². The maximum atomic E-state index is 13.9. The summed E-state index contributed by atoms with van der Waals surface area (Å²) in [5, 5.41) is 3.40. The van der Waals surface area contributed by atoms with Crippen LogP contribution >= 0.6 is 15.9 Å². The Balaban J connectivity index is 2.12. The zero-order valence-corrected chi connectivity index (χ0v) is 13.8. The molecule has 0 aliphatic rings. The molecular formula is C17H19BrFNO. The monoisotopic (exact) mass is 351 g/mol. The fourth-order valence-corrected chi connectivity index (χ4v) is 2.66. The van der Waals surface area contributed by atoms with Crippen molar-refractivity contribution in [3.63, 3.8) is 0 Å². The minimum atomic E-state index is -0.202. The van der Waals surface area contributed by atoms with E-state index >= 15 is 0 Å². The first-order valence-corrected chi connectivity index (χ1v) is 7.75. The molecule has 2 aromatic carbocycles. The van der Waals surface area contributed by atoms with Crippen molar-refractivity contribution in [1.29, 1.82) is 0 Å². The van der Waals surface area contributed by atoms with Crippen LogP contribution in [0, 0.1) is 5.82 Å². The topological polar surface area (TPSA) is 21.3 Å². The van der Waals surface area contributed by atoms with Crippen molar-refractivity contribution >= 4 is 15.9 Å². The van der Waals surface area contributed by atoms with Gasteiger partial charge < -0.3 is 10.1 Å². The van der Waals surface area contributed by atoms with Crippen LogP contribution in [-0.2, 0) is 6.54 Å². The molecule has 2 rings (SSSR count). The Morgan fingerprint density at radius 1 is 1.24 bits per heavy atom. The lowest BCUT2D eigenvalue weighted by Gasteiger charge is -2.20. The van der Waals surface area contributed by atoms with Crippen LogP contribution in [0.4, 0.5) is 4.39 Å². The molecule has 21 heavy (non-hydrogen) atoms. The van der Waals surface area contributed by atoms with Crippen molar-refractivity contribution in [2.45, 2.75) is 25.9 Å². The van der Waals surface area contributed by atoms with Crippen LogP contribution in [0.5, 0.6) is 5.75 Å². The average Bonchev–Trinajstić information content (AvgIpc) is 2.50. The van der Waals surface area contributed by atoms with E-state index in [0.29, 0.717) is 12.1 Å². The minimum absolute atomic E-state index is 0.129. The first-order valence-electron chi connectivity index (χ1n) is 6.96. The van der Waals surface area contributed by atoms with E-state index in [-0.39, 0.29) is 11.9 Å². The Hall–Kier alpha value is -1.39. The third-order valence-electron chi connectivity index (χ3n) is 3.48. The Kier molecular flexibility index (Phi) is 5.76. The Morgan fingerprint density at radius 3 is 2.67 bits per heavy atom. The zero-order chi connectivity index (χ0) is 15.2. The lowest BCUT2D eigenvalue weighted by atomic mass is 10.0. The molecule has 1 atom stereocenters. The molecule has 1 unspecified atom stereocenters. The molecule has 0 saturated heterocycles. The molecule has 2 nitrogen and oxygen atoms in total. The Bertz CT molecular complexity index is 603. The van der Waals surface area contributed by atoms with Crippen molar-refractivity contribution in [3.8, 4) is 5.75 Å². The first kappa shape index (κ1) is 16.0. The minimum Gasteiger partial charge on any atom is -0.496 e. The van der Waals surface area contributed by atoms with E-state index in [1.807, 2.05) is 30.3 Å². The van der Waals surface area contributed by atoms with Crippen LogP contribution in [0.2, 0.25) is 0 Å². The molecule has 1 N–H and O–H groups in total. The van der Waals surface area contributed by atoms with E-state index in [0.717, 1.165) is 22.2 Å². The fourth-order valence-electron chi connectivity index (χ4n) is 2.33. The Morgan fingerprint density at radius 2 is 2.00 bits per heavy atom. The van der Waals surface area contributed by atoms with Crippen LogP contribution in [-0.4, -0.2) is 7.11 Å². The van der Waals surface area contributed by atoms with Gasteiger partial charge in [0.2, 0.25) is 0 Å². The summed E-state index contributed by atoms with van der Waals surface area (Å²) in [6, 6.07) is 13.2. The van der Waals surface area contributed by atoms with Gasteiger partial charge >= 0.3 is 0 Å². The summed E-state index contributed by atoms with van der Waals surface area (Å²) in [5.41, 5.74) is 1.76. The van der Waals surface area contributed by atoms with E-state index < -0.39 is 0 Å². The van der Waals surface area contributed by atoms with Gasteiger partial charge in [0.1, 0.15) is 11.6 Å². The molecule has 0 fully saturated rings. The van der Waals surface area contributed by atoms with Gasteiger partial charge in [0.15, 0.2) is 0 Å². The highest BCUT2D eigenvalue weighted by Crippen LogP contribution is 2.27. The van der Waals surface area contributed by atoms with Gasteiger partial charge in [-0.1, -0.05) is 47.1 Å². The molecule has 0 heterocycles. The van der Waals surface area contributed by atoms with Crippen LogP contribution < -0.4 is 10.1 Å². The summed E-state index contributed by atoms with van der Waals surface area (Å²) < 4.78 is 20.0. The fraction of sp³-hybridized carbons (Fsp3) is 0.294. The second-order valence-electron chi connectivity index (χ2n) is 4.82. The molecule has 0 aliphatic carbocycles. The maximum absolute atomic E-state index is 13.9. The number of ether oxygens (including phenoxy) is 1. The highest BCUT2D eigenvalue weighted by Gasteiger charge is 2.14. The van der Waals surface area contributed by atoms with Gasteiger partial charge in [-0.15, -0.1) is 0 Å². The molecule has 0 radical (unpaired) electrons. The number of benzene rings is 2. The van der Waals surface area contributed by atoms with Crippen molar-refractivity contribution in [3.05, 3.63) is 63.9 Å². The molecular weight excluding hydrogens is 333 g/mol. The summed E-state index contributed by atoms with van der Waals surface area (Å²) >= 11 is 3.27. The summed E-state index contributed by atoms with van der Waals surface area (Å²) in [4.78, 5) is 0. The van der Waals surface area contributed by atoms with Gasteiger partial charge in [0.05, 0.1) is 7.11 Å². The van der Waals surface area contributed by atoms with Gasteiger partial charge in [0.25, 0.3) is 0 Å². The van der Waals surface area contributed by atoms with Crippen LogP contribution in [0.1, 0.15) is 30.5 Å². The highest BCUT2D eigenvalue weighted by molar-refractivity contribution is 9.10. The highest BCUT2D eigenvalue weighted by atomic mass is 79.9. The van der Waals surface area contributed by atoms with Gasteiger partial charge in [-0.3, -0.25) is 0 Å². The van der Waals surface area contributed by atoms with Crippen molar-refractivity contribution in [2.24, 2.45) is 0 Å². The van der Waals surface area contributed by atoms with Gasteiger partial charge in [-0.2, -0.15) is 0 Å². The number of halogens is 2. The molecule has 112 valence electrons. The SMILES string of the molecule is CCC(NCc1ccc(Br)cc1F)c1ccccc1OC. The van der Waals surface area contributed by atoms with Crippen LogP contribution in [0.25, 0.3) is 0 Å². The van der Waals surface area contributed by atoms with Gasteiger partial charge in [-0.05, 0) is 24.6 Å². The number of para-hydroxylation sites is 1. The zero-order valence-electron chi connectivity index (χ0n) is 12.2. The predicted molar refractivity (Wildman–Crippen MR) is 87.0 cm³/mol. The Labute approximate surface area is 133 Å². The van der Waals surface area contributed by atoms with Gasteiger partial charge in [-0.25, -0.2) is 4.39 Å². The summed E-state index contributed by atoms with van der Waals surface area (Å²) in [6.45, 7) is 2.58. The number of hydrogen-bond acceptors (Lipinski definition) is 2. The number of methoxy groups -OCH3 is 1. The van der Waals surface area contributed by atoms with E-state index in [4.69, 9.17) is 4.74 Å².